The van der Waals surface area contributed by atoms with Crippen LogP contribution in [0.4, 0.5) is 10.2 Å². The fraction of sp³-hybridized carbons (Fsp3) is 0.625. The molecule has 1 aromatic heterocycles. The second kappa shape index (κ2) is 7.38. The minimum atomic E-state index is -0.469. The summed E-state index contributed by atoms with van der Waals surface area (Å²) < 4.78 is 13.5. The Morgan fingerprint density at radius 1 is 1.43 bits per heavy atom. The molecule has 0 atom stereocenters. The van der Waals surface area contributed by atoms with Crippen molar-refractivity contribution in [2.75, 3.05) is 25.0 Å². The van der Waals surface area contributed by atoms with Crippen molar-refractivity contribution in [2.45, 2.75) is 39.5 Å². The summed E-state index contributed by atoms with van der Waals surface area (Å²) in [6.45, 7) is 6.44. The van der Waals surface area contributed by atoms with Gasteiger partial charge in [0.2, 0.25) is 0 Å². The average molecular weight is 293 g/mol. The third-order valence-corrected chi connectivity index (χ3v) is 4.11. The summed E-state index contributed by atoms with van der Waals surface area (Å²) in [5, 5.41) is 3.10. The normalized spacial score (nSPS) is 16.0. The van der Waals surface area contributed by atoms with Gasteiger partial charge >= 0.3 is 0 Å². The van der Waals surface area contributed by atoms with Crippen LogP contribution in [0.3, 0.4) is 0 Å². The lowest BCUT2D eigenvalue weighted by Gasteiger charge is -2.31. The number of rotatable bonds is 5. The molecule has 116 valence electrons. The second-order valence-electron chi connectivity index (χ2n) is 5.62. The van der Waals surface area contributed by atoms with E-state index in [0.29, 0.717) is 17.3 Å². The van der Waals surface area contributed by atoms with E-state index in [1.165, 1.54) is 6.07 Å². The van der Waals surface area contributed by atoms with Gasteiger partial charge in [0.1, 0.15) is 11.6 Å². The molecule has 1 fully saturated rings. The lowest BCUT2D eigenvalue weighted by Crippen LogP contribution is -2.38. The topological polar surface area (TPSA) is 45.2 Å². The van der Waals surface area contributed by atoms with Gasteiger partial charge in [0.25, 0.3) is 5.91 Å². The molecular formula is C16H24FN3O. The average Bonchev–Trinajstić information content (AvgIpc) is 2.53. The van der Waals surface area contributed by atoms with Gasteiger partial charge < -0.3 is 10.2 Å². The Morgan fingerprint density at radius 2 is 2.14 bits per heavy atom. The van der Waals surface area contributed by atoms with Gasteiger partial charge in [0, 0.05) is 19.6 Å². The lowest BCUT2D eigenvalue weighted by molar-refractivity contribution is 0.0689. The van der Waals surface area contributed by atoms with Gasteiger partial charge in [0.15, 0.2) is 0 Å². The predicted molar refractivity (Wildman–Crippen MR) is 81.9 cm³/mol. The van der Waals surface area contributed by atoms with Gasteiger partial charge in [-0.1, -0.05) is 20.3 Å². The monoisotopic (exact) mass is 293 g/mol. The van der Waals surface area contributed by atoms with Gasteiger partial charge in [-0.3, -0.25) is 4.79 Å². The first-order chi connectivity index (χ1) is 10.2. The number of nitrogens with one attached hydrogen (secondary N) is 1. The Morgan fingerprint density at radius 3 is 2.76 bits per heavy atom. The number of piperidine rings is 1. The standard InChI is InChI=1S/C16H24FN3O/c1-3-7-18-15-14(10-13(17)11-19-15)16(21)20-8-5-12(4-2)6-9-20/h10-12H,3-9H2,1-2H3,(H,18,19). The first-order valence-electron chi connectivity index (χ1n) is 7.84. The maximum absolute atomic E-state index is 13.5. The van der Waals surface area contributed by atoms with Crippen molar-refractivity contribution in [2.24, 2.45) is 5.92 Å². The number of carbonyl (C=O) groups excluding carboxylic acids is 1. The van der Waals surface area contributed by atoms with Crippen molar-refractivity contribution in [1.29, 1.82) is 0 Å². The number of aromatic nitrogens is 1. The maximum Gasteiger partial charge on any atom is 0.257 e. The van der Waals surface area contributed by atoms with E-state index >= 15 is 0 Å². The Kier molecular flexibility index (Phi) is 5.53. The summed E-state index contributed by atoms with van der Waals surface area (Å²) in [4.78, 5) is 18.5. The first kappa shape index (κ1) is 15.7. The zero-order valence-electron chi connectivity index (χ0n) is 12.9. The van der Waals surface area contributed by atoms with Crippen molar-refractivity contribution in [3.8, 4) is 0 Å². The summed E-state index contributed by atoms with van der Waals surface area (Å²) in [5.41, 5.74) is 0.346. The van der Waals surface area contributed by atoms with Crippen molar-refractivity contribution in [3.05, 3.63) is 23.6 Å². The molecule has 1 aliphatic rings. The largest absolute Gasteiger partial charge is 0.369 e. The van der Waals surface area contributed by atoms with Crippen LogP contribution in [0.15, 0.2) is 12.3 Å². The number of halogens is 1. The molecule has 0 unspecified atom stereocenters. The SMILES string of the molecule is CCCNc1ncc(F)cc1C(=O)N1CCC(CC)CC1. The van der Waals surface area contributed by atoms with E-state index in [0.717, 1.165) is 51.5 Å². The highest BCUT2D eigenvalue weighted by Gasteiger charge is 2.25. The molecule has 1 amide bonds. The van der Waals surface area contributed by atoms with Crippen LogP contribution in [0.1, 0.15) is 49.9 Å². The molecule has 1 aliphatic heterocycles. The van der Waals surface area contributed by atoms with Crippen LogP contribution >= 0.6 is 0 Å². The number of anilines is 1. The van der Waals surface area contributed by atoms with E-state index < -0.39 is 5.82 Å². The van der Waals surface area contributed by atoms with E-state index in [1.807, 2.05) is 11.8 Å². The number of amides is 1. The summed E-state index contributed by atoms with van der Waals surface area (Å²) in [6, 6.07) is 1.29. The summed E-state index contributed by atoms with van der Waals surface area (Å²) in [6.07, 6.45) is 5.30. The highest BCUT2D eigenvalue weighted by molar-refractivity contribution is 5.98. The van der Waals surface area contributed by atoms with Crippen molar-refractivity contribution in [3.63, 3.8) is 0 Å². The molecule has 5 heteroatoms. The highest BCUT2D eigenvalue weighted by Crippen LogP contribution is 2.23. The lowest BCUT2D eigenvalue weighted by atomic mass is 9.94. The molecule has 0 bridgehead atoms. The van der Waals surface area contributed by atoms with Crippen LogP contribution in [0, 0.1) is 11.7 Å². The zero-order valence-corrected chi connectivity index (χ0v) is 12.9. The van der Waals surface area contributed by atoms with Crippen molar-refractivity contribution >= 4 is 11.7 Å². The van der Waals surface area contributed by atoms with Crippen molar-refractivity contribution in [1.82, 2.24) is 9.88 Å². The van der Waals surface area contributed by atoms with Gasteiger partial charge in [-0.2, -0.15) is 0 Å². The minimum absolute atomic E-state index is 0.116. The van der Waals surface area contributed by atoms with Crippen LogP contribution in [0.5, 0.6) is 0 Å². The summed E-state index contributed by atoms with van der Waals surface area (Å²) in [5.74, 6) is 0.609. The number of nitrogens with zero attached hydrogens (tertiary/aromatic N) is 2. The molecule has 1 N–H and O–H groups in total. The Hall–Kier alpha value is -1.65. The fourth-order valence-electron chi connectivity index (χ4n) is 2.70. The smallest absolute Gasteiger partial charge is 0.257 e. The molecule has 4 nitrogen and oxygen atoms in total. The van der Waals surface area contributed by atoms with Gasteiger partial charge in [-0.25, -0.2) is 9.37 Å². The van der Waals surface area contributed by atoms with E-state index in [1.54, 1.807) is 0 Å². The van der Waals surface area contributed by atoms with Gasteiger partial charge in [-0.15, -0.1) is 0 Å². The number of carbonyl (C=O) groups is 1. The minimum Gasteiger partial charge on any atom is -0.369 e. The number of hydrogen-bond donors (Lipinski definition) is 1. The van der Waals surface area contributed by atoms with Gasteiger partial charge in [0.05, 0.1) is 11.8 Å². The number of likely N-dealkylation sites (tertiary alicyclic amines) is 1. The molecule has 2 heterocycles. The summed E-state index contributed by atoms with van der Waals surface area (Å²) >= 11 is 0. The molecule has 2 rings (SSSR count). The van der Waals surface area contributed by atoms with E-state index in [-0.39, 0.29) is 5.91 Å². The van der Waals surface area contributed by atoms with E-state index in [2.05, 4.69) is 17.2 Å². The number of pyridine rings is 1. The molecule has 0 aromatic carbocycles. The molecule has 0 radical (unpaired) electrons. The third kappa shape index (κ3) is 3.93. The molecular weight excluding hydrogens is 269 g/mol. The number of hydrogen-bond acceptors (Lipinski definition) is 3. The first-order valence-corrected chi connectivity index (χ1v) is 7.84. The Balaban J connectivity index is 2.12. The molecule has 1 saturated heterocycles. The van der Waals surface area contributed by atoms with Crippen LogP contribution in [-0.2, 0) is 0 Å². The van der Waals surface area contributed by atoms with E-state index in [9.17, 15) is 9.18 Å². The van der Waals surface area contributed by atoms with E-state index in [4.69, 9.17) is 0 Å². The predicted octanol–water partition coefficient (Wildman–Crippen LogP) is 3.30. The van der Waals surface area contributed by atoms with Crippen LogP contribution in [-0.4, -0.2) is 35.4 Å². The third-order valence-electron chi connectivity index (χ3n) is 4.11. The molecule has 0 saturated carbocycles. The fourth-order valence-corrected chi connectivity index (χ4v) is 2.70. The summed E-state index contributed by atoms with van der Waals surface area (Å²) in [7, 11) is 0. The molecule has 1 aromatic rings. The Labute approximate surface area is 125 Å². The highest BCUT2D eigenvalue weighted by atomic mass is 19.1. The van der Waals surface area contributed by atoms with Crippen molar-refractivity contribution < 1.29 is 9.18 Å². The zero-order chi connectivity index (χ0) is 15.2. The van der Waals surface area contributed by atoms with Crippen LogP contribution in [0.2, 0.25) is 0 Å². The molecule has 0 spiro atoms. The quantitative estimate of drug-likeness (QED) is 0.906. The van der Waals surface area contributed by atoms with Crippen LogP contribution < -0.4 is 5.32 Å². The Bertz CT molecular complexity index is 484. The molecule has 21 heavy (non-hydrogen) atoms. The van der Waals surface area contributed by atoms with Crippen LogP contribution in [0.25, 0.3) is 0 Å². The van der Waals surface area contributed by atoms with Gasteiger partial charge in [-0.05, 0) is 31.2 Å². The second-order valence-corrected chi connectivity index (χ2v) is 5.62. The molecule has 0 aliphatic carbocycles. The maximum atomic E-state index is 13.5.